The van der Waals surface area contributed by atoms with Crippen molar-refractivity contribution in [3.05, 3.63) is 94.9 Å². The third-order valence-corrected chi connectivity index (χ3v) is 7.08. The van der Waals surface area contributed by atoms with Gasteiger partial charge in [-0.05, 0) is 54.3 Å². The van der Waals surface area contributed by atoms with Crippen LogP contribution in [0.3, 0.4) is 0 Å². The van der Waals surface area contributed by atoms with Gasteiger partial charge in [0.1, 0.15) is 5.75 Å². The van der Waals surface area contributed by atoms with Crippen molar-refractivity contribution < 1.29 is 9.53 Å². The molecule has 3 aromatic carbocycles. The number of hydrogen-bond acceptors (Lipinski definition) is 5. The van der Waals surface area contributed by atoms with E-state index < -0.39 is 0 Å². The molecule has 0 aliphatic carbocycles. The summed E-state index contributed by atoms with van der Waals surface area (Å²) in [6.45, 7) is 6.30. The van der Waals surface area contributed by atoms with Gasteiger partial charge in [-0.3, -0.25) is 10.1 Å². The lowest BCUT2D eigenvalue weighted by Crippen LogP contribution is -2.15. The molecule has 180 valence electrons. The van der Waals surface area contributed by atoms with Gasteiger partial charge in [-0.15, -0.1) is 11.3 Å². The van der Waals surface area contributed by atoms with E-state index in [9.17, 15) is 4.79 Å². The molecule has 0 saturated carbocycles. The Bertz CT molecular complexity index is 1540. The van der Waals surface area contributed by atoms with Gasteiger partial charge in [-0.1, -0.05) is 56.3 Å². The fourth-order valence-electron chi connectivity index (χ4n) is 4.29. The molecule has 2 heterocycles. The maximum absolute atomic E-state index is 13.6. The molecule has 0 aliphatic rings. The fourth-order valence-corrected chi connectivity index (χ4v) is 5.01. The average molecular weight is 494 g/mol. The second kappa shape index (κ2) is 9.91. The van der Waals surface area contributed by atoms with Crippen LogP contribution in [-0.4, -0.2) is 23.0 Å². The van der Waals surface area contributed by atoms with Crippen LogP contribution in [-0.2, 0) is 0 Å². The molecule has 0 bridgehead atoms. The van der Waals surface area contributed by atoms with E-state index in [1.165, 1.54) is 16.9 Å². The molecule has 5 nitrogen and oxygen atoms in total. The van der Waals surface area contributed by atoms with Crippen LogP contribution in [0.1, 0.15) is 41.3 Å². The number of hydrogen-bond donors (Lipinski definition) is 1. The highest BCUT2D eigenvalue weighted by Crippen LogP contribution is 2.32. The summed E-state index contributed by atoms with van der Waals surface area (Å²) in [5, 5.41) is 6.38. The van der Waals surface area contributed by atoms with Crippen LogP contribution in [0.5, 0.6) is 5.75 Å². The first-order chi connectivity index (χ1) is 17.4. The normalized spacial score (nSPS) is 11.1. The highest BCUT2D eigenvalue weighted by Gasteiger charge is 2.20. The smallest absolute Gasteiger partial charge is 0.258 e. The molecule has 0 atom stereocenters. The number of fused-ring (bicyclic) bond motifs is 1. The number of para-hydroxylation sites is 1. The fraction of sp³-hybridized carbons (Fsp3) is 0.167. The molecule has 1 N–H and O–H groups in total. The van der Waals surface area contributed by atoms with Crippen molar-refractivity contribution >= 4 is 33.3 Å². The van der Waals surface area contributed by atoms with E-state index in [2.05, 4.69) is 48.4 Å². The molecular formula is C30H27N3O2S. The van der Waals surface area contributed by atoms with E-state index in [4.69, 9.17) is 9.72 Å². The minimum atomic E-state index is -0.197. The van der Waals surface area contributed by atoms with Crippen molar-refractivity contribution in [1.82, 2.24) is 9.97 Å². The van der Waals surface area contributed by atoms with Gasteiger partial charge in [0.2, 0.25) is 0 Å². The van der Waals surface area contributed by atoms with Gasteiger partial charge in [0.15, 0.2) is 5.13 Å². The van der Waals surface area contributed by atoms with Crippen LogP contribution in [0.4, 0.5) is 5.13 Å². The summed E-state index contributed by atoms with van der Waals surface area (Å²) in [5.74, 6) is 1.05. The molecule has 1 amide bonds. The van der Waals surface area contributed by atoms with Crippen molar-refractivity contribution in [2.45, 2.75) is 26.7 Å². The van der Waals surface area contributed by atoms with Crippen molar-refractivity contribution in [3.63, 3.8) is 0 Å². The summed E-state index contributed by atoms with van der Waals surface area (Å²) in [5.41, 5.74) is 7.05. The molecular weight excluding hydrogens is 466 g/mol. The van der Waals surface area contributed by atoms with Gasteiger partial charge in [-0.25, -0.2) is 9.97 Å². The van der Waals surface area contributed by atoms with E-state index in [0.29, 0.717) is 16.6 Å². The highest BCUT2D eigenvalue weighted by atomic mass is 32.1. The number of carbonyl (C=O) groups excluding carboxylic acids is 1. The second-order valence-corrected chi connectivity index (χ2v) is 9.83. The van der Waals surface area contributed by atoms with Gasteiger partial charge in [0.25, 0.3) is 5.91 Å². The number of amides is 1. The first-order valence-electron chi connectivity index (χ1n) is 11.9. The summed E-state index contributed by atoms with van der Waals surface area (Å²) in [6.07, 6.45) is 0. The van der Waals surface area contributed by atoms with E-state index >= 15 is 0 Å². The summed E-state index contributed by atoms with van der Waals surface area (Å²) in [7, 11) is 1.64. The minimum Gasteiger partial charge on any atom is -0.497 e. The van der Waals surface area contributed by atoms with Gasteiger partial charge in [0.05, 0.1) is 29.6 Å². The van der Waals surface area contributed by atoms with Crippen molar-refractivity contribution in [1.29, 1.82) is 0 Å². The highest BCUT2D eigenvalue weighted by molar-refractivity contribution is 7.14. The molecule has 5 aromatic rings. The molecule has 6 heteroatoms. The summed E-state index contributed by atoms with van der Waals surface area (Å²) in [6, 6.07) is 23.9. The first kappa shape index (κ1) is 23.7. The van der Waals surface area contributed by atoms with E-state index in [1.54, 1.807) is 7.11 Å². The maximum atomic E-state index is 13.6. The van der Waals surface area contributed by atoms with Crippen LogP contribution < -0.4 is 10.1 Å². The summed E-state index contributed by atoms with van der Waals surface area (Å²) >= 11 is 1.42. The predicted octanol–water partition coefficient (Wildman–Crippen LogP) is 7.72. The lowest BCUT2D eigenvalue weighted by atomic mass is 9.97. The third kappa shape index (κ3) is 4.60. The number of nitrogens with zero attached hydrogens (tertiary/aromatic N) is 2. The maximum Gasteiger partial charge on any atom is 0.258 e. The van der Waals surface area contributed by atoms with Crippen LogP contribution in [0.15, 0.2) is 78.2 Å². The zero-order valence-corrected chi connectivity index (χ0v) is 21.5. The lowest BCUT2D eigenvalue weighted by molar-refractivity contribution is 0.102. The number of pyridine rings is 1. The van der Waals surface area contributed by atoms with Gasteiger partial charge in [-0.2, -0.15) is 0 Å². The Morgan fingerprint density at radius 1 is 0.917 bits per heavy atom. The van der Waals surface area contributed by atoms with Crippen molar-refractivity contribution in [2.75, 3.05) is 12.4 Å². The zero-order valence-electron chi connectivity index (χ0n) is 20.7. The number of ether oxygens (including phenoxy) is 1. The Labute approximate surface area is 214 Å². The number of carbonyl (C=O) groups is 1. The van der Waals surface area contributed by atoms with Gasteiger partial charge in [0, 0.05) is 21.9 Å². The van der Waals surface area contributed by atoms with E-state index in [1.807, 2.05) is 60.8 Å². The van der Waals surface area contributed by atoms with Crippen molar-refractivity contribution in [2.24, 2.45) is 0 Å². The predicted molar refractivity (Wildman–Crippen MR) is 148 cm³/mol. The first-order valence-corrected chi connectivity index (χ1v) is 12.7. The molecule has 0 spiro atoms. The summed E-state index contributed by atoms with van der Waals surface area (Å²) in [4.78, 5) is 23.2. The molecule has 0 aliphatic heterocycles. The Morgan fingerprint density at radius 3 is 2.31 bits per heavy atom. The van der Waals surface area contributed by atoms with Crippen LogP contribution in [0.25, 0.3) is 33.4 Å². The monoisotopic (exact) mass is 493 g/mol. The quantitative estimate of drug-likeness (QED) is 0.263. The standard InChI is InChI=1S/C30H27N3O2S/c1-18(2)20-9-11-21(12-10-20)26-17-36-30(32-26)33-29(34)27-19(3)28(22-13-15-23(35-4)16-14-22)31-25-8-6-5-7-24(25)27/h5-18H,1-4H3,(H,32,33,34). The summed E-state index contributed by atoms with van der Waals surface area (Å²) < 4.78 is 5.29. The number of anilines is 1. The van der Waals surface area contributed by atoms with Gasteiger partial charge < -0.3 is 4.74 Å². The van der Waals surface area contributed by atoms with Crippen LogP contribution in [0, 0.1) is 6.92 Å². The third-order valence-electron chi connectivity index (χ3n) is 6.32. The lowest BCUT2D eigenvalue weighted by Gasteiger charge is -2.14. The zero-order chi connectivity index (χ0) is 25.2. The van der Waals surface area contributed by atoms with Crippen LogP contribution in [0.2, 0.25) is 0 Å². The Hall–Kier alpha value is -4.03. The number of benzene rings is 3. The molecule has 0 saturated heterocycles. The number of thiazole rings is 1. The topological polar surface area (TPSA) is 64.1 Å². The molecule has 5 rings (SSSR count). The van der Waals surface area contributed by atoms with Crippen molar-refractivity contribution in [3.8, 4) is 28.3 Å². The molecule has 0 fully saturated rings. The number of aromatic nitrogens is 2. The van der Waals surface area contributed by atoms with E-state index in [0.717, 1.165) is 44.7 Å². The molecule has 0 unspecified atom stereocenters. The Morgan fingerprint density at radius 2 is 1.61 bits per heavy atom. The number of rotatable bonds is 6. The largest absolute Gasteiger partial charge is 0.497 e. The average Bonchev–Trinajstić information content (AvgIpc) is 3.36. The molecule has 2 aromatic heterocycles. The Kier molecular flexibility index (Phi) is 6.53. The second-order valence-electron chi connectivity index (χ2n) is 8.97. The van der Waals surface area contributed by atoms with Crippen LogP contribution >= 0.6 is 11.3 Å². The van der Waals surface area contributed by atoms with Gasteiger partial charge >= 0.3 is 0 Å². The number of nitrogens with one attached hydrogen (secondary N) is 1. The molecule has 0 radical (unpaired) electrons. The van der Waals surface area contributed by atoms with E-state index in [-0.39, 0.29) is 5.91 Å². The molecule has 36 heavy (non-hydrogen) atoms. The Balaban J connectivity index is 1.49. The SMILES string of the molecule is COc1ccc(-c2nc3ccccc3c(C(=O)Nc3nc(-c4ccc(C(C)C)cc4)cs3)c2C)cc1. The minimum absolute atomic E-state index is 0.197. The number of methoxy groups -OCH3 is 1.